The highest BCUT2D eigenvalue weighted by atomic mass is 79.9. The predicted molar refractivity (Wildman–Crippen MR) is 18.2 cm³/mol. The third kappa shape index (κ3) is 3.73. The van der Waals surface area contributed by atoms with E-state index in [4.69, 9.17) is 10.5 Å². The maximum absolute atomic E-state index is 7.75. The quantitative estimate of drug-likeness (QED) is 0.228. The lowest BCUT2D eigenvalue weighted by Crippen LogP contribution is -1.89. The van der Waals surface area contributed by atoms with Gasteiger partial charge in [-0.05, 0) is 0 Å². The molecule has 3 nitrogen and oxygen atoms in total. The van der Waals surface area contributed by atoms with Gasteiger partial charge in [0.15, 0.2) is 0 Å². The van der Waals surface area contributed by atoms with Gasteiger partial charge >= 0.3 is 0 Å². The molecule has 5 heavy (non-hydrogen) atoms. The summed E-state index contributed by atoms with van der Waals surface area (Å²) in [5.74, 6) is 0. The lowest BCUT2D eigenvalue weighted by atomic mass is 11.5. The molecule has 0 aliphatic carbocycles. The van der Waals surface area contributed by atoms with E-state index in [1.807, 2.05) is 0 Å². The molecule has 0 aliphatic heterocycles. The summed E-state index contributed by atoms with van der Waals surface area (Å²) in [5.41, 5.74) is 0. The van der Waals surface area contributed by atoms with Crippen molar-refractivity contribution in [3.8, 4) is 6.19 Å². The molecule has 0 atom stereocenters. The third-order valence-electron chi connectivity index (χ3n) is 0.0825. The first-order valence-electron chi connectivity index (χ1n) is 0.816. The minimum atomic E-state index is 0.243. The summed E-state index contributed by atoms with van der Waals surface area (Å²) in [7, 11) is 0. The Bertz CT molecular complexity index is 55.2. The number of hydrogen-bond donors (Lipinski definition) is 1. The van der Waals surface area contributed by atoms with Crippen molar-refractivity contribution in [2.45, 2.75) is 0 Å². The van der Waals surface area contributed by atoms with Crippen molar-refractivity contribution in [2.24, 2.45) is 0 Å². The predicted octanol–water partition coefficient (Wildman–Crippen LogP) is 0.469. The molecule has 0 aromatic carbocycles. The summed E-state index contributed by atoms with van der Waals surface area (Å²) >= 11 is 2.40. The fraction of sp³-hybridized carbons (Fsp3) is 0. The summed E-state index contributed by atoms with van der Waals surface area (Å²) in [6.07, 6.45) is 1.33. The molecule has 0 bridgehead atoms. The Morgan fingerprint density at radius 2 is 2.20 bits per heavy atom. The van der Waals surface area contributed by atoms with Gasteiger partial charge in [-0.1, -0.05) is 0 Å². The van der Waals surface area contributed by atoms with Crippen LogP contribution in [-0.4, -0.2) is 9.30 Å². The van der Waals surface area contributed by atoms with Crippen LogP contribution in [0.4, 0.5) is 0 Å². The van der Waals surface area contributed by atoms with Crippen LogP contribution in [0.15, 0.2) is 0 Å². The summed E-state index contributed by atoms with van der Waals surface area (Å²) < 4.78 is 0.243. The molecule has 0 rings (SSSR count). The van der Waals surface area contributed by atoms with E-state index in [0.717, 1.165) is 0 Å². The summed E-state index contributed by atoms with van der Waals surface area (Å²) in [4.78, 5) is 0. The maximum atomic E-state index is 7.75. The van der Waals surface area contributed by atoms with Gasteiger partial charge in [0.1, 0.15) is 0 Å². The summed E-state index contributed by atoms with van der Waals surface area (Å²) in [6.45, 7) is 0. The van der Waals surface area contributed by atoms with Gasteiger partial charge in [0.25, 0.3) is 0 Å². The van der Waals surface area contributed by atoms with E-state index in [9.17, 15) is 0 Å². The standard InChI is InChI=1S/CHBrN2O/c2-4(5)1-3/h5H. The van der Waals surface area contributed by atoms with E-state index in [0.29, 0.717) is 0 Å². The lowest BCUT2D eigenvalue weighted by molar-refractivity contribution is 0.0886. The van der Waals surface area contributed by atoms with Crippen LogP contribution in [0, 0.1) is 11.5 Å². The second-order valence-electron chi connectivity index (χ2n) is 0.360. The van der Waals surface area contributed by atoms with Crippen LogP contribution in [0.25, 0.3) is 0 Å². The monoisotopic (exact) mass is 136 g/mol. The lowest BCUT2D eigenvalue weighted by Gasteiger charge is -1.83. The highest BCUT2D eigenvalue weighted by Crippen LogP contribution is 1.81. The first-order valence-corrected chi connectivity index (χ1v) is 1.53. The highest BCUT2D eigenvalue weighted by Gasteiger charge is 1.74. The van der Waals surface area contributed by atoms with Crippen molar-refractivity contribution in [1.29, 1.82) is 5.26 Å². The van der Waals surface area contributed by atoms with Crippen LogP contribution in [0.1, 0.15) is 0 Å². The number of halogens is 1. The van der Waals surface area contributed by atoms with E-state index in [1.165, 1.54) is 6.19 Å². The molecule has 0 amide bonds. The fourth-order valence-electron chi connectivity index (χ4n) is 0. The minimum absolute atomic E-state index is 0.243. The van der Waals surface area contributed by atoms with Gasteiger partial charge in [-0.3, -0.25) is 5.21 Å². The first-order chi connectivity index (χ1) is 2.27. The SMILES string of the molecule is N#CN(O)Br. The smallest absolute Gasteiger partial charge is 0.217 e. The van der Waals surface area contributed by atoms with E-state index in [2.05, 4.69) is 16.1 Å². The van der Waals surface area contributed by atoms with Gasteiger partial charge in [0.05, 0.1) is 16.1 Å². The molecule has 0 aromatic heterocycles. The summed E-state index contributed by atoms with van der Waals surface area (Å²) in [6, 6.07) is 0. The number of rotatable bonds is 0. The first kappa shape index (κ1) is 4.73. The molecule has 1 N–H and O–H groups in total. The second-order valence-corrected chi connectivity index (χ2v) is 1.03. The Morgan fingerprint density at radius 1 is 2.00 bits per heavy atom. The van der Waals surface area contributed by atoms with Crippen LogP contribution in [0.5, 0.6) is 0 Å². The van der Waals surface area contributed by atoms with Crippen molar-refractivity contribution in [1.82, 2.24) is 4.09 Å². The Labute approximate surface area is 37.7 Å². The molecule has 0 unspecified atom stereocenters. The van der Waals surface area contributed by atoms with Crippen molar-refractivity contribution in [3.05, 3.63) is 0 Å². The Kier molecular flexibility index (Phi) is 1.89. The van der Waals surface area contributed by atoms with Gasteiger partial charge in [0, 0.05) is 0 Å². The number of hydroxylamine groups is 1. The van der Waals surface area contributed by atoms with E-state index < -0.39 is 0 Å². The molecular weight excluding hydrogens is 136 g/mol. The fourth-order valence-corrected chi connectivity index (χ4v) is 0. The molecule has 0 saturated heterocycles. The number of hydrogen-bond acceptors (Lipinski definition) is 3. The van der Waals surface area contributed by atoms with Crippen LogP contribution in [0.2, 0.25) is 0 Å². The van der Waals surface area contributed by atoms with Crippen LogP contribution < -0.4 is 0 Å². The van der Waals surface area contributed by atoms with Crippen molar-refractivity contribution in [2.75, 3.05) is 0 Å². The number of nitriles is 1. The van der Waals surface area contributed by atoms with Crippen LogP contribution in [-0.2, 0) is 0 Å². The van der Waals surface area contributed by atoms with Crippen molar-refractivity contribution >= 4 is 16.1 Å². The zero-order chi connectivity index (χ0) is 4.28. The number of nitrogens with zero attached hydrogens (tertiary/aromatic N) is 2. The zero-order valence-electron chi connectivity index (χ0n) is 2.22. The third-order valence-corrected chi connectivity index (χ3v) is 0.241. The minimum Gasteiger partial charge on any atom is -0.269 e. The molecule has 28 valence electrons. The largest absolute Gasteiger partial charge is 0.269 e. The van der Waals surface area contributed by atoms with Gasteiger partial charge < -0.3 is 0 Å². The van der Waals surface area contributed by atoms with E-state index in [-0.39, 0.29) is 4.09 Å². The average molecular weight is 137 g/mol. The van der Waals surface area contributed by atoms with Crippen LogP contribution in [0.3, 0.4) is 0 Å². The second kappa shape index (κ2) is 2.00. The molecule has 0 spiro atoms. The molecule has 0 heterocycles. The van der Waals surface area contributed by atoms with Gasteiger partial charge in [-0.2, -0.15) is 5.26 Å². The van der Waals surface area contributed by atoms with Crippen molar-refractivity contribution in [3.63, 3.8) is 0 Å². The molecule has 0 fully saturated rings. The van der Waals surface area contributed by atoms with Crippen LogP contribution >= 0.6 is 16.1 Å². The molecule has 0 saturated carbocycles. The van der Waals surface area contributed by atoms with E-state index >= 15 is 0 Å². The molecule has 4 heteroatoms. The van der Waals surface area contributed by atoms with Gasteiger partial charge in [-0.15, -0.1) is 4.09 Å². The summed E-state index contributed by atoms with van der Waals surface area (Å²) in [5, 5.41) is 15.3. The Hall–Kier alpha value is -0.270. The average Bonchev–Trinajstić information content (AvgIpc) is 1.38. The Morgan fingerprint density at radius 3 is 2.20 bits per heavy atom. The highest BCUT2D eigenvalue weighted by molar-refractivity contribution is 9.07. The molecule has 0 radical (unpaired) electrons. The molecule has 0 aliphatic rings. The molecular formula is CHBrN2O. The maximum Gasteiger partial charge on any atom is 0.217 e. The Balaban J connectivity index is 2.94. The zero-order valence-corrected chi connectivity index (χ0v) is 3.81. The molecule has 0 aromatic rings. The van der Waals surface area contributed by atoms with Gasteiger partial charge in [0.2, 0.25) is 6.19 Å². The van der Waals surface area contributed by atoms with E-state index in [1.54, 1.807) is 0 Å². The topological polar surface area (TPSA) is 47.3 Å². The van der Waals surface area contributed by atoms with Crippen molar-refractivity contribution < 1.29 is 5.21 Å². The normalized spacial score (nSPS) is 5.80. The van der Waals surface area contributed by atoms with Gasteiger partial charge in [-0.25, -0.2) is 0 Å².